The van der Waals surface area contributed by atoms with E-state index >= 15 is 0 Å². The first kappa shape index (κ1) is 16.5. The highest BCUT2D eigenvalue weighted by Gasteiger charge is 2.29. The van der Waals surface area contributed by atoms with Crippen molar-refractivity contribution in [3.8, 4) is 0 Å². The minimum atomic E-state index is 0.426. The van der Waals surface area contributed by atoms with Crippen molar-refractivity contribution >= 4 is 0 Å². The molecule has 1 heterocycles. The molecule has 2 nitrogen and oxygen atoms in total. The molecule has 0 radical (unpaired) electrons. The van der Waals surface area contributed by atoms with Gasteiger partial charge in [-0.05, 0) is 55.3 Å². The zero-order valence-electron chi connectivity index (χ0n) is 14.1. The molecule has 0 spiro atoms. The second-order valence-corrected chi connectivity index (χ2v) is 6.57. The van der Waals surface area contributed by atoms with E-state index in [0.717, 1.165) is 19.6 Å². The van der Waals surface area contributed by atoms with Crippen LogP contribution < -0.4 is 5.32 Å². The first-order chi connectivity index (χ1) is 10.2. The molecule has 1 N–H and O–H groups in total. The Bertz CT molecular complexity index is 423. The predicted octanol–water partition coefficient (Wildman–Crippen LogP) is 3.85. The molecule has 118 valence electrons. The largest absolute Gasteiger partial charge is 0.316 e. The molecule has 0 aliphatic carbocycles. The van der Waals surface area contributed by atoms with Crippen LogP contribution in [0.25, 0.3) is 0 Å². The molecule has 0 atom stereocenters. The summed E-state index contributed by atoms with van der Waals surface area (Å²) in [6.45, 7) is 12.7. The van der Waals surface area contributed by atoms with Gasteiger partial charge in [-0.15, -0.1) is 0 Å². The molecule has 0 saturated carbocycles. The second-order valence-electron chi connectivity index (χ2n) is 6.57. The minimum Gasteiger partial charge on any atom is -0.316 e. The number of hydrogen-bond acceptors (Lipinski definition) is 2. The van der Waals surface area contributed by atoms with Gasteiger partial charge in [0.15, 0.2) is 0 Å². The van der Waals surface area contributed by atoms with Gasteiger partial charge in [0.1, 0.15) is 0 Å². The average molecular weight is 288 g/mol. The summed E-state index contributed by atoms with van der Waals surface area (Å²) in [6, 6.07) is 9.00. The van der Waals surface area contributed by atoms with E-state index < -0.39 is 0 Å². The molecule has 0 aromatic heterocycles. The van der Waals surface area contributed by atoms with Crippen LogP contribution in [0.4, 0.5) is 0 Å². The lowest BCUT2D eigenvalue weighted by molar-refractivity contribution is 0.130. The Morgan fingerprint density at radius 1 is 1.10 bits per heavy atom. The van der Waals surface area contributed by atoms with E-state index in [1.807, 2.05) is 0 Å². The minimum absolute atomic E-state index is 0.426. The Balaban J connectivity index is 2.07. The molecular formula is C19H32N2. The van der Waals surface area contributed by atoms with Gasteiger partial charge in [-0.1, -0.05) is 45.0 Å². The summed E-state index contributed by atoms with van der Waals surface area (Å²) in [7, 11) is 0. The van der Waals surface area contributed by atoms with Crippen molar-refractivity contribution < 1.29 is 0 Å². The topological polar surface area (TPSA) is 15.3 Å². The van der Waals surface area contributed by atoms with Crippen LogP contribution in [0.15, 0.2) is 24.3 Å². The smallest absolute Gasteiger partial charge is 0.0236 e. The van der Waals surface area contributed by atoms with Crippen LogP contribution in [-0.2, 0) is 13.0 Å². The number of nitrogens with zero attached hydrogens (tertiary/aromatic N) is 1. The van der Waals surface area contributed by atoms with Crippen LogP contribution in [0.5, 0.6) is 0 Å². The number of fused-ring (bicyclic) bond motifs is 1. The van der Waals surface area contributed by atoms with Crippen LogP contribution in [0.1, 0.15) is 51.2 Å². The van der Waals surface area contributed by atoms with E-state index in [0.29, 0.717) is 5.41 Å². The molecule has 2 heteroatoms. The highest BCUT2D eigenvalue weighted by Crippen LogP contribution is 2.29. The molecule has 0 unspecified atom stereocenters. The number of nitrogens with one attached hydrogen (secondary N) is 1. The Kier molecular flexibility index (Phi) is 6.25. The fourth-order valence-corrected chi connectivity index (χ4v) is 3.55. The van der Waals surface area contributed by atoms with E-state index in [4.69, 9.17) is 0 Å². The quantitative estimate of drug-likeness (QED) is 0.820. The molecule has 1 aromatic rings. The van der Waals surface area contributed by atoms with Gasteiger partial charge < -0.3 is 5.32 Å². The summed E-state index contributed by atoms with van der Waals surface area (Å²) >= 11 is 0. The average Bonchev–Trinajstić information content (AvgIpc) is 2.73. The summed E-state index contributed by atoms with van der Waals surface area (Å²) < 4.78 is 0. The summed E-state index contributed by atoms with van der Waals surface area (Å²) in [4.78, 5) is 2.69. The third-order valence-electron chi connectivity index (χ3n) is 5.24. The Hall–Kier alpha value is -0.860. The van der Waals surface area contributed by atoms with Gasteiger partial charge >= 0.3 is 0 Å². The van der Waals surface area contributed by atoms with E-state index in [-0.39, 0.29) is 0 Å². The van der Waals surface area contributed by atoms with E-state index in [9.17, 15) is 0 Å². The molecule has 1 aromatic carbocycles. The first-order valence-corrected chi connectivity index (χ1v) is 8.73. The van der Waals surface area contributed by atoms with Gasteiger partial charge in [0, 0.05) is 19.6 Å². The van der Waals surface area contributed by atoms with Crippen molar-refractivity contribution in [2.75, 3.05) is 26.2 Å². The third kappa shape index (κ3) is 4.31. The van der Waals surface area contributed by atoms with Crippen molar-refractivity contribution in [1.29, 1.82) is 0 Å². The van der Waals surface area contributed by atoms with Gasteiger partial charge in [0.05, 0.1) is 0 Å². The highest BCUT2D eigenvalue weighted by atomic mass is 15.1. The maximum Gasteiger partial charge on any atom is 0.0236 e. The monoisotopic (exact) mass is 288 g/mol. The fraction of sp³-hybridized carbons (Fsp3) is 0.684. The second kappa shape index (κ2) is 7.95. The number of aryl methyl sites for hydroxylation is 1. The van der Waals surface area contributed by atoms with Crippen molar-refractivity contribution in [2.24, 2.45) is 5.41 Å². The molecule has 1 aliphatic rings. The highest BCUT2D eigenvalue weighted by molar-refractivity contribution is 5.28. The molecular weight excluding hydrogens is 256 g/mol. The van der Waals surface area contributed by atoms with Crippen molar-refractivity contribution in [2.45, 2.75) is 53.0 Å². The maximum atomic E-state index is 3.59. The van der Waals surface area contributed by atoms with Crippen LogP contribution in [0.3, 0.4) is 0 Å². The molecule has 0 bridgehead atoms. The van der Waals surface area contributed by atoms with Crippen LogP contribution in [0.2, 0.25) is 0 Å². The van der Waals surface area contributed by atoms with Gasteiger partial charge in [0.2, 0.25) is 0 Å². The third-order valence-corrected chi connectivity index (χ3v) is 5.24. The van der Waals surface area contributed by atoms with E-state index in [2.05, 4.69) is 55.3 Å². The molecule has 0 saturated heterocycles. The van der Waals surface area contributed by atoms with Crippen LogP contribution in [0, 0.1) is 5.41 Å². The van der Waals surface area contributed by atoms with Gasteiger partial charge in [-0.2, -0.15) is 0 Å². The normalized spacial score (nSPS) is 16.5. The van der Waals surface area contributed by atoms with Crippen LogP contribution >= 0.6 is 0 Å². The lowest BCUT2D eigenvalue weighted by Crippen LogP contribution is -2.43. The summed E-state index contributed by atoms with van der Waals surface area (Å²) in [5.74, 6) is 0. The summed E-state index contributed by atoms with van der Waals surface area (Å²) in [6.07, 6.45) is 5.05. The SMILES string of the molecule is CCNCC(CC)(CC)CN1CCCc2ccccc2C1. The predicted molar refractivity (Wildman–Crippen MR) is 91.6 cm³/mol. The summed E-state index contributed by atoms with van der Waals surface area (Å²) in [5.41, 5.74) is 3.53. The lowest BCUT2D eigenvalue weighted by Gasteiger charge is -2.37. The summed E-state index contributed by atoms with van der Waals surface area (Å²) in [5, 5.41) is 3.59. The van der Waals surface area contributed by atoms with Gasteiger partial charge in [-0.3, -0.25) is 4.90 Å². The lowest BCUT2D eigenvalue weighted by atomic mass is 9.81. The molecule has 2 rings (SSSR count). The zero-order valence-corrected chi connectivity index (χ0v) is 14.1. The van der Waals surface area contributed by atoms with Gasteiger partial charge in [-0.25, -0.2) is 0 Å². The molecule has 1 aliphatic heterocycles. The maximum absolute atomic E-state index is 3.59. The van der Waals surface area contributed by atoms with Crippen molar-refractivity contribution in [1.82, 2.24) is 10.2 Å². The Morgan fingerprint density at radius 3 is 2.48 bits per heavy atom. The molecule has 21 heavy (non-hydrogen) atoms. The Morgan fingerprint density at radius 2 is 1.81 bits per heavy atom. The van der Waals surface area contributed by atoms with Gasteiger partial charge in [0.25, 0.3) is 0 Å². The van der Waals surface area contributed by atoms with Crippen LogP contribution in [-0.4, -0.2) is 31.1 Å². The molecule has 0 amide bonds. The first-order valence-electron chi connectivity index (χ1n) is 8.73. The van der Waals surface area contributed by atoms with Crippen molar-refractivity contribution in [3.05, 3.63) is 35.4 Å². The number of rotatable bonds is 7. The van der Waals surface area contributed by atoms with E-state index in [1.54, 1.807) is 11.1 Å². The standard InChI is InChI=1S/C19H32N2/c1-4-19(5-2,15-20-6-3)16-21-13-9-12-17-10-7-8-11-18(17)14-21/h7-8,10-11,20H,4-6,9,12-16H2,1-3H3. The number of hydrogen-bond donors (Lipinski definition) is 1. The zero-order chi connectivity index (χ0) is 15.1. The van der Waals surface area contributed by atoms with Crippen molar-refractivity contribution in [3.63, 3.8) is 0 Å². The fourth-order valence-electron chi connectivity index (χ4n) is 3.55. The van der Waals surface area contributed by atoms with E-state index in [1.165, 1.54) is 38.8 Å². The Labute approximate surface area is 130 Å². The molecule has 0 fully saturated rings. The number of benzene rings is 1.